The van der Waals surface area contributed by atoms with Gasteiger partial charge in [-0.05, 0) is 18.6 Å². The standard InChI is InChI=1S/C8H9ClN2/c1-6-4-7(9)8-10-2-3-11(8)5-6/h4-5H,2-3H2,1H3. The molecule has 2 aliphatic rings. The molecule has 0 aromatic carbocycles. The molecule has 2 rings (SSSR count). The van der Waals surface area contributed by atoms with Crippen LogP contribution in [0.3, 0.4) is 0 Å². The minimum Gasteiger partial charge on any atom is -0.330 e. The van der Waals surface area contributed by atoms with Gasteiger partial charge in [0.05, 0.1) is 11.6 Å². The summed E-state index contributed by atoms with van der Waals surface area (Å²) < 4.78 is 0. The van der Waals surface area contributed by atoms with Gasteiger partial charge in [0.15, 0.2) is 0 Å². The molecule has 0 amide bonds. The summed E-state index contributed by atoms with van der Waals surface area (Å²) in [6.07, 6.45) is 4.03. The van der Waals surface area contributed by atoms with Crippen molar-refractivity contribution in [2.24, 2.45) is 4.99 Å². The highest BCUT2D eigenvalue weighted by molar-refractivity contribution is 6.43. The van der Waals surface area contributed by atoms with Gasteiger partial charge >= 0.3 is 0 Å². The van der Waals surface area contributed by atoms with E-state index in [1.165, 1.54) is 5.57 Å². The van der Waals surface area contributed by atoms with Crippen LogP contribution < -0.4 is 0 Å². The summed E-state index contributed by atoms with van der Waals surface area (Å²) in [6, 6.07) is 0. The van der Waals surface area contributed by atoms with Gasteiger partial charge in [0, 0.05) is 12.7 Å². The first kappa shape index (κ1) is 6.92. The van der Waals surface area contributed by atoms with Crippen LogP contribution in [0.2, 0.25) is 0 Å². The Morgan fingerprint density at radius 3 is 3.27 bits per heavy atom. The van der Waals surface area contributed by atoms with E-state index in [9.17, 15) is 0 Å². The largest absolute Gasteiger partial charge is 0.330 e. The van der Waals surface area contributed by atoms with E-state index >= 15 is 0 Å². The van der Waals surface area contributed by atoms with Gasteiger partial charge in [-0.15, -0.1) is 0 Å². The first-order valence-corrected chi connectivity index (χ1v) is 4.02. The molecule has 2 nitrogen and oxygen atoms in total. The van der Waals surface area contributed by atoms with Crippen molar-refractivity contribution in [1.82, 2.24) is 4.90 Å². The molecule has 0 saturated heterocycles. The van der Waals surface area contributed by atoms with Gasteiger partial charge in [0.25, 0.3) is 0 Å². The van der Waals surface area contributed by atoms with Crippen LogP contribution >= 0.6 is 11.6 Å². The summed E-state index contributed by atoms with van der Waals surface area (Å²) in [7, 11) is 0. The predicted molar refractivity (Wildman–Crippen MR) is 46.7 cm³/mol. The molecule has 11 heavy (non-hydrogen) atoms. The quantitative estimate of drug-likeness (QED) is 0.538. The van der Waals surface area contributed by atoms with Crippen molar-refractivity contribution in [2.45, 2.75) is 6.92 Å². The molecular formula is C8H9ClN2. The van der Waals surface area contributed by atoms with Crippen LogP contribution in [0.4, 0.5) is 0 Å². The number of hydrogen-bond donors (Lipinski definition) is 0. The first-order chi connectivity index (χ1) is 5.27. The summed E-state index contributed by atoms with van der Waals surface area (Å²) >= 11 is 5.96. The van der Waals surface area contributed by atoms with Crippen LogP contribution in [0.15, 0.2) is 27.9 Å². The van der Waals surface area contributed by atoms with E-state index < -0.39 is 0 Å². The van der Waals surface area contributed by atoms with E-state index in [1.807, 2.05) is 13.0 Å². The Morgan fingerprint density at radius 1 is 1.64 bits per heavy atom. The van der Waals surface area contributed by atoms with E-state index in [0.717, 1.165) is 24.0 Å². The SMILES string of the molecule is CC1=CN2CCN=C2C(Cl)=C1. The third kappa shape index (κ3) is 1.07. The van der Waals surface area contributed by atoms with Crippen LogP contribution in [-0.4, -0.2) is 23.8 Å². The molecule has 0 fully saturated rings. The Balaban J connectivity index is 2.40. The number of aliphatic imine (C=N–C) groups is 1. The van der Waals surface area contributed by atoms with Crippen molar-refractivity contribution in [2.75, 3.05) is 13.1 Å². The Kier molecular flexibility index (Phi) is 1.50. The number of amidine groups is 1. The van der Waals surface area contributed by atoms with Gasteiger partial charge in [-0.1, -0.05) is 11.6 Å². The van der Waals surface area contributed by atoms with Gasteiger partial charge in [-0.25, -0.2) is 0 Å². The Morgan fingerprint density at radius 2 is 2.45 bits per heavy atom. The van der Waals surface area contributed by atoms with Crippen LogP contribution in [0.1, 0.15) is 6.92 Å². The lowest BCUT2D eigenvalue weighted by Gasteiger charge is -2.19. The van der Waals surface area contributed by atoms with Crippen LogP contribution in [0.5, 0.6) is 0 Å². The highest BCUT2D eigenvalue weighted by Gasteiger charge is 2.20. The zero-order valence-corrected chi connectivity index (χ0v) is 7.10. The maximum absolute atomic E-state index is 5.96. The predicted octanol–water partition coefficient (Wildman–Crippen LogP) is 1.74. The summed E-state index contributed by atoms with van der Waals surface area (Å²) in [5, 5.41) is 0.766. The molecule has 0 saturated carbocycles. The molecule has 0 bridgehead atoms. The maximum Gasteiger partial charge on any atom is 0.146 e. The Bertz CT molecular complexity index is 276. The fraction of sp³-hybridized carbons (Fsp3) is 0.375. The molecule has 58 valence electrons. The van der Waals surface area contributed by atoms with Gasteiger partial charge in [0.2, 0.25) is 0 Å². The highest BCUT2D eigenvalue weighted by Crippen LogP contribution is 2.21. The molecule has 0 N–H and O–H groups in total. The van der Waals surface area contributed by atoms with Crippen LogP contribution in [0, 0.1) is 0 Å². The molecule has 2 aliphatic heterocycles. The van der Waals surface area contributed by atoms with E-state index in [1.54, 1.807) is 0 Å². The van der Waals surface area contributed by atoms with Gasteiger partial charge in [0.1, 0.15) is 5.84 Å². The highest BCUT2D eigenvalue weighted by atomic mass is 35.5. The minimum absolute atomic E-state index is 0.766. The zero-order chi connectivity index (χ0) is 7.84. The molecule has 2 heterocycles. The van der Waals surface area contributed by atoms with Crippen molar-refractivity contribution in [1.29, 1.82) is 0 Å². The monoisotopic (exact) mass is 168 g/mol. The molecule has 0 aromatic heterocycles. The van der Waals surface area contributed by atoms with Crippen molar-refractivity contribution in [3.05, 3.63) is 22.9 Å². The van der Waals surface area contributed by atoms with Crippen LogP contribution in [-0.2, 0) is 0 Å². The van der Waals surface area contributed by atoms with Gasteiger partial charge in [-0.3, -0.25) is 4.99 Å². The third-order valence-corrected chi connectivity index (χ3v) is 2.08. The summed E-state index contributed by atoms with van der Waals surface area (Å²) in [5.74, 6) is 0.928. The molecule has 0 unspecified atom stereocenters. The molecule has 3 heteroatoms. The molecule has 0 radical (unpaired) electrons. The molecule has 0 atom stereocenters. The van der Waals surface area contributed by atoms with Gasteiger partial charge in [-0.2, -0.15) is 0 Å². The minimum atomic E-state index is 0.766. The molecule has 0 aromatic rings. The van der Waals surface area contributed by atoms with E-state index in [0.29, 0.717) is 0 Å². The lowest BCUT2D eigenvalue weighted by molar-refractivity contribution is 0.605. The second-order valence-corrected chi connectivity index (χ2v) is 3.17. The number of halogens is 1. The van der Waals surface area contributed by atoms with Gasteiger partial charge < -0.3 is 4.90 Å². The Labute approximate surface area is 70.9 Å². The topological polar surface area (TPSA) is 15.6 Å². The second-order valence-electron chi connectivity index (χ2n) is 2.76. The summed E-state index contributed by atoms with van der Waals surface area (Å²) in [4.78, 5) is 6.37. The third-order valence-electron chi connectivity index (χ3n) is 1.80. The number of rotatable bonds is 0. The zero-order valence-electron chi connectivity index (χ0n) is 6.34. The summed E-state index contributed by atoms with van der Waals surface area (Å²) in [5.41, 5.74) is 1.19. The number of fused-ring (bicyclic) bond motifs is 1. The first-order valence-electron chi connectivity index (χ1n) is 3.64. The average Bonchev–Trinajstić information content (AvgIpc) is 2.34. The fourth-order valence-corrected chi connectivity index (χ4v) is 1.69. The lowest BCUT2D eigenvalue weighted by Crippen LogP contribution is -2.24. The van der Waals surface area contributed by atoms with E-state index in [-0.39, 0.29) is 0 Å². The van der Waals surface area contributed by atoms with E-state index in [4.69, 9.17) is 11.6 Å². The lowest BCUT2D eigenvalue weighted by atomic mass is 10.2. The molecule has 0 aliphatic carbocycles. The van der Waals surface area contributed by atoms with Crippen molar-refractivity contribution in [3.8, 4) is 0 Å². The number of hydrogen-bond acceptors (Lipinski definition) is 2. The number of allylic oxidation sites excluding steroid dienone is 2. The number of nitrogens with zero attached hydrogens (tertiary/aromatic N) is 2. The second kappa shape index (κ2) is 2.38. The smallest absolute Gasteiger partial charge is 0.146 e. The van der Waals surface area contributed by atoms with Crippen LogP contribution in [0.25, 0.3) is 0 Å². The Hall–Kier alpha value is -0.760. The van der Waals surface area contributed by atoms with E-state index in [2.05, 4.69) is 16.1 Å². The van der Waals surface area contributed by atoms with Crippen molar-refractivity contribution < 1.29 is 0 Å². The normalized spacial score (nSPS) is 22.4. The fourth-order valence-electron chi connectivity index (χ4n) is 1.35. The van der Waals surface area contributed by atoms with Crippen molar-refractivity contribution >= 4 is 17.4 Å². The summed E-state index contributed by atoms with van der Waals surface area (Å²) in [6.45, 7) is 3.87. The average molecular weight is 169 g/mol. The molecular weight excluding hydrogens is 160 g/mol. The maximum atomic E-state index is 5.96. The molecule has 0 spiro atoms. The van der Waals surface area contributed by atoms with Crippen molar-refractivity contribution in [3.63, 3.8) is 0 Å².